The van der Waals surface area contributed by atoms with Crippen LogP contribution in [0.2, 0.25) is 0 Å². The lowest BCUT2D eigenvalue weighted by Crippen LogP contribution is -2.30. The lowest BCUT2D eigenvalue weighted by molar-refractivity contribution is 0.102. The van der Waals surface area contributed by atoms with Crippen LogP contribution >= 0.6 is 0 Å². The Hall–Kier alpha value is -3.13. The van der Waals surface area contributed by atoms with E-state index in [1.807, 2.05) is 0 Å². The molecule has 1 unspecified atom stereocenters. The number of carbonyl (C=O) groups is 2. The van der Waals surface area contributed by atoms with Gasteiger partial charge in [0.05, 0.1) is 6.54 Å². The second-order valence-corrected chi connectivity index (χ2v) is 7.31. The Bertz CT molecular complexity index is 994. The normalized spacial score (nSPS) is 19.1. The largest absolute Gasteiger partial charge is 0.447 e. The first-order valence-corrected chi connectivity index (χ1v) is 9.74. The van der Waals surface area contributed by atoms with Gasteiger partial charge in [-0.1, -0.05) is 6.07 Å². The molecule has 1 atom stereocenters. The van der Waals surface area contributed by atoms with Crippen molar-refractivity contribution < 1.29 is 18.7 Å². The lowest BCUT2D eigenvalue weighted by Gasteiger charge is -2.22. The van der Waals surface area contributed by atoms with Gasteiger partial charge in [0.1, 0.15) is 17.9 Å². The monoisotopic (exact) mass is 397 g/mol. The highest BCUT2D eigenvalue weighted by atomic mass is 16.6. The third-order valence-electron chi connectivity index (χ3n) is 5.27. The number of benzene rings is 1. The van der Waals surface area contributed by atoms with Crippen molar-refractivity contribution in [2.45, 2.75) is 25.7 Å². The summed E-state index contributed by atoms with van der Waals surface area (Å²) in [5.74, 6) is 0.223. The summed E-state index contributed by atoms with van der Waals surface area (Å²) in [6.07, 6.45) is 1.56. The fourth-order valence-corrected chi connectivity index (χ4v) is 3.77. The zero-order valence-electron chi connectivity index (χ0n) is 16.2. The molecule has 0 aliphatic carbocycles. The van der Waals surface area contributed by atoms with Gasteiger partial charge in [0.2, 0.25) is 0 Å². The highest BCUT2D eigenvalue weighted by molar-refractivity contribution is 6.05. The van der Waals surface area contributed by atoms with E-state index in [-0.39, 0.29) is 11.5 Å². The lowest BCUT2D eigenvalue weighted by atomic mass is 9.95. The molecular formula is C21H23N3O5. The summed E-state index contributed by atoms with van der Waals surface area (Å²) >= 11 is 0. The first kappa shape index (κ1) is 19.2. The Kier molecular flexibility index (Phi) is 5.35. The number of aryl methyl sites for hydroxylation is 1. The van der Waals surface area contributed by atoms with Crippen molar-refractivity contribution in [1.82, 2.24) is 5.32 Å². The maximum absolute atomic E-state index is 12.8. The molecule has 29 heavy (non-hydrogen) atoms. The molecular weight excluding hydrogens is 374 g/mol. The SMILES string of the molecule is Cc1cc(C2CCCNC2)oc(=O)c1C(=O)Nc1cccc(N2CCOC2=O)c1. The molecule has 1 aromatic heterocycles. The Labute approximate surface area is 167 Å². The number of piperidine rings is 1. The van der Waals surface area contributed by atoms with Crippen molar-refractivity contribution in [3.63, 3.8) is 0 Å². The molecule has 0 bridgehead atoms. The molecule has 0 radical (unpaired) electrons. The topological polar surface area (TPSA) is 101 Å². The van der Waals surface area contributed by atoms with E-state index in [2.05, 4.69) is 10.6 Å². The van der Waals surface area contributed by atoms with Crippen LogP contribution in [0.5, 0.6) is 0 Å². The van der Waals surface area contributed by atoms with Gasteiger partial charge in [-0.05, 0) is 56.1 Å². The zero-order chi connectivity index (χ0) is 20.4. The Morgan fingerprint density at radius 1 is 1.28 bits per heavy atom. The molecule has 0 saturated carbocycles. The van der Waals surface area contributed by atoms with Crippen molar-refractivity contribution >= 4 is 23.4 Å². The van der Waals surface area contributed by atoms with Gasteiger partial charge in [0.15, 0.2) is 0 Å². The van der Waals surface area contributed by atoms with E-state index in [0.29, 0.717) is 35.9 Å². The van der Waals surface area contributed by atoms with Gasteiger partial charge in [0, 0.05) is 23.8 Å². The van der Waals surface area contributed by atoms with Gasteiger partial charge >= 0.3 is 11.7 Å². The molecule has 2 aliphatic heterocycles. The number of hydrogen-bond donors (Lipinski definition) is 2. The molecule has 152 valence electrons. The minimum Gasteiger partial charge on any atom is -0.447 e. The summed E-state index contributed by atoms with van der Waals surface area (Å²) in [4.78, 5) is 38.5. The number of nitrogens with one attached hydrogen (secondary N) is 2. The second kappa shape index (κ2) is 8.08. The first-order valence-electron chi connectivity index (χ1n) is 9.74. The molecule has 2 aromatic rings. The van der Waals surface area contributed by atoms with Crippen LogP contribution in [-0.4, -0.2) is 38.2 Å². The van der Waals surface area contributed by atoms with Gasteiger partial charge < -0.3 is 19.8 Å². The van der Waals surface area contributed by atoms with Crippen LogP contribution in [0, 0.1) is 6.92 Å². The van der Waals surface area contributed by atoms with E-state index in [1.165, 1.54) is 4.90 Å². The van der Waals surface area contributed by atoms with Gasteiger partial charge in [-0.2, -0.15) is 0 Å². The fourth-order valence-electron chi connectivity index (χ4n) is 3.77. The van der Waals surface area contributed by atoms with Crippen LogP contribution in [0.1, 0.15) is 40.4 Å². The van der Waals surface area contributed by atoms with E-state index in [1.54, 1.807) is 37.3 Å². The maximum atomic E-state index is 12.8. The third kappa shape index (κ3) is 4.02. The van der Waals surface area contributed by atoms with Crippen LogP contribution in [0.3, 0.4) is 0 Å². The number of amides is 2. The van der Waals surface area contributed by atoms with E-state index in [9.17, 15) is 14.4 Å². The maximum Gasteiger partial charge on any atom is 0.414 e. The minimum atomic E-state index is -0.637. The van der Waals surface area contributed by atoms with E-state index < -0.39 is 17.6 Å². The Morgan fingerprint density at radius 2 is 2.14 bits per heavy atom. The van der Waals surface area contributed by atoms with Crippen molar-refractivity contribution in [3.05, 3.63) is 57.6 Å². The Morgan fingerprint density at radius 3 is 2.83 bits per heavy atom. The van der Waals surface area contributed by atoms with Gasteiger partial charge in [-0.3, -0.25) is 9.69 Å². The number of ether oxygens (including phenoxy) is 1. The summed E-state index contributed by atoms with van der Waals surface area (Å²) in [5.41, 5.74) is 1.03. The molecule has 2 saturated heterocycles. The highest BCUT2D eigenvalue weighted by Gasteiger charge is 2.25. The van der Waals surface area contributed by atoms with Gasteiger partial charge in [0.25, 0.3) is 5.91 Å². The van der Waals surface area contributed by atoms with Crippen LogP contribution in [0.4, 0.5) is 16.2 Å². The average Bonchev–Trinajstić information content (AvgIpc) is 3.14. The summed E-state index contributed by atoms with van der Waals surface area (Å²) in [5, 5.41) is 6.02. The van der Waals surface area contributed by atoms with Crippen LogP contribution in [-0.2, 0) is 4.74 Å². The number of cyclic esters (lactones) is 1. The third-order valence-corrected chi connectivity index (χ3v) is 5.27. The number of carbonyl (C=O) groups excluding carboxylic acids is 2. The van der Waals surface area contributed by atoms with Crippen molar-refractivity contribution in [3.8, 4) is 0 Å². The number of anilines is 2. The van der Waals surface area contributed by atoms with E-state index in [0.717, 1.165) is 25.9 Å². The minimum absolute atomic E-state index is 0.0106. The van der Waals surface area contributed by atoms with Crippen LogP contribution in [0.15, 0.2) is 39.5 Å². The standard InChI is InChI=1S/C21H23N3O5/c1-13-10-17(14-4-3-7-22-12-14)29-20(26)18(13)19(25)23-15-5-2-6-16(11-15)24-8-9-28-21(24)27/h2,5-6,10-11,14,22H,3-4,7-9,12H2,1H3,(H,23,25). The van der Waals surface area contributed by atoms with Crippen LogP contribution in [0.25, 0.3) is 0 Å². The summed E-state index contributed by atoms with van der Waals surface area (Å²) in [7, 11) is 0. The predicted octanol–water partition coefficient (Wildman–Crippen LogP) is 2.62. The molecule has 0 spiro atoms. The zero-order valence-corrected chi connectivity index (χ0v) is 16.2. The first-order chi connectivity index (χ1) is 14.0. The summed E-state index contributed by atoms with van der Waals surface area (Å²) in [6.45, 7) is 4.26. The highest BCUT2D eigenvalue weighted by Crippen LogP contribution is 2.25. The van der Waals surface area contributed by atoms with E-state index >= 15 is 0 Å². The molecule has 2 N–H and O–H groups in total. The Balaban J connectivity index is 1.54. The van der Waals surface area contributed by atoms with Gasteiger partial charge in [-0.25, -0.2) is 9.59 Å². The smallest absolute Gasteiger partial charge is 0.414 e. The van der Waals surface area contributed by atoms with E-state index in [4.69, 9.17) is 9.15 Å². The molecule has 2 amide bonds. The van der Waals surface area contributed by atoms with Crippen LogP contribution < -0.4 is 21.2 Å². The average molecular weight is 397 g/mol. The molecule has 8 heteroatoms. The number of nitrogens with zero attached hydrogens (tertiary/aromatic N) is 1. The van der Waals surface area contributed by atoms with Crippen molar-refractivity contribution in [2.75, 3.05) is 36.5 Å². The molecule has 4 rings (SSSR count). The second-order valence-electron chi connectivity index (χ2n) is 7.31. The summed E-state index contributed by atoms with van der Waals surface area (Å²) in [6, 6.07) is 8.63. The summed E-state index contributed by atoms with van der Waals surface area (Å²) < 4.78 is 10.4. The predicted molar refractivity (Wildman–Crippen MR) is 108 cm³/mol. The number of rotatable bonds is 4. The molecule has 2 fully saturated rings. The number of hydrogen-bond acceptors (Lipinski definition) is 6. The quantitative estimate of drug-likeness (QED) is 0.823. The molecule has 2 aliphatic rings. The fraction of sp³-hybridized carbons (Fsp3) is 0.381. The van der Waals surface area contributed by atoms with Crippen molar-refractivity contribution in [1.29, 1.82) is 0 Å². The molecule has 3 heterocycles. The molecule has 1 aromatic carbocycles. The van der Waals surface area contributed by atoms with Crippen molar-refractivity contribution in [2.24, 2.45) is 0 Å². The molecule has 8 nitrogen and oxygen atoms in total. The van der Waals surface area contributed by atoms with Gasteiger partial charge in [-0.15, -0.1) is 0 Å².